The fraction of sp³-hybridized carbons (Fsp3) is 0.222. The zero-order chi connectivity index (χ0) is 18.5. The summed E-state index contributed by atoms with van der Waals surface area (Å²) in [5, 5.41) is 33.1. The Bertz CT molecular complexity index is 538. The molecule has 0 saturated carbocycles. The highest BCUT2D eigenvalue weighted by molar-refractivity contribution is 5.87. The molecule has 0 aliphatic heterocycles. The van der Waals surface area contributed by atoms with Gasteiger partial charge in [-0.15, -0.1) is 0 Å². The maximum atomic E-state index is 10.2. The Morgan fingerprint density at radius 1 is 0.708 bits per heavy atom. The smallest absolute Gasteiger partial charge is 0.335 e. The molecule has 0 atom stereocenters. The molecule has 0 spiro atoms. The van der Waals surface area contributed by atoms with E-state index < -0.39 is 18.2 Å². The number of carbonyl (C=O) groups is 2. The van der Waals surface area contributed by atoms with Crippen molar-refractivity contribution in [3.05, 3.63) is 71.8 Å². The molecule has 6 heteroatoms. The van der Waals surface area contributed by atoms with E-state index in [-0.39, 0.29) is 5.92 Å². The van der Waals surface area contributed by atoms with Crippen molar-refractivity contribution in [2.45, 2.75) is 20.1 Å². The topological polar surface area (TPSA) is 115 Å². The summed E-state index contributed by atoms with van der Waals surface area (Å²) in [4.78, 5) is 20.4. The predicted molar refractivity (Wildman–Crippen MR) is 89.9 cm³/mol. The number of carboxylic acids is 2. The second-order valence-corrected chi connectivity index (χ2v) is 5.00. The number of aliphatic hydroxyl groups excluding tert-OH is 1. The third-order valence-corrected chi connectivity index (χ3v) is 2.64. The predicted octanol–water partition coefficient (Wildman–Crippen LogP) is 2.72. The summed E-state index contributed by atoms with van der Waals surface area (Å²) in [7, 11) is 0. The van der Waals surface area contributed by atoms with Crippen LogP contribution in [0.4, 0.5) is 0 Å². The Balaban J connectivity index is 0.000000340. The van der Waals surface area contributed by atoms with Crippen LogP contribution >= 0.6 is 0 Å². The van der Waals surface area contributed by atoms with Crippen LogP contribution in [-0.4, -0.2) is 38.7 Å². The lowest BCUT2D eigenvalue weighted by atomic mass is 10.2. The van der Waals surface area contributed by atoms with Gasteiger partial charge in [0.25, 0.3) is 0 Å². The van der Waals surface area contributed by atoms with Crippen LogP contribution in [0.15, 0.2) is 60.7 Å². The molecule has 0 heterocycles. The van der Waals surface area contributed by atoms with Crippen LogP contribution in [0.25, 0.3) is 0 Å². The Labute approximate surface area is 140 Å². The van der Waals surface area contributed by atoms with Crippen LogP contribution in [0, 0.1) is 5.92 Å². The summed E-state index contributed by atoms with van der Waals surface area (Å²) >= 11 is 0. The molecule has 24 heavy (non-hydrogen) atoms. The van der Waals surface area contributed by atoms with Gasteiger partial charge in [-0.2, -0.15) is 0 Å². The maximum Gasteiger partial charge on any atom is 0.335 e. The molecule has 0 saturated heterocycles. The minimum Gasteiger partial charge on any atom is -0.478 e. The van der Waals surface area contributed by atoms with Gasteiger partial charge in [0.2, 0.25) is 0 Å². The zero-order valence-corrected chi connectivity index (χ0v) is 13.5. The molecule has 0 radical (unpaired) electrons. The minimum atomic E-state index is -1.15. The van der Waals surface area contributed by atoms with E-state index in [1.807, 2.05) is 0 Å². The van der Waals surface area contributed by atoms with Crippen molar-refractivity contribution < 1.29 is 30.0 Å². The molecule has 2 aromatic carbocycles. The van der Waals surface area contributed by atoms with Crippen molar-refractivity contribution in [2.24, 2.45) is 5.92 Å². The van der Waals surface area contributed by atoms with Crippen LogP contribution < -0.4 is 0 Å². The molecular formula is C18H22O6. The first kappa shape index (κ1) is 21.3. The zero-order valence-electron chi connectivity index (χ0n) is 13.5. The fourth-order valence-corrected chi connectivity index (χ4v) is 1.16. The van der Waals surface area contributed by atoms with E-state index in [0.29, 0.717) is 11.1 Å². The van der Waals surface area contributed by atoms with Crippen molar-refractivity contribution in [3.63, 3.8) is 0 Å². The van der Waals surface area contributed by atoms with E-state index in [0.717, 1.165) is 0 Å². The largest absolute Gasteiger partial charge is 0.478 e. The molecule has 2 aromatic rings. The van der Waals surface area contributed by atoms with Crippen molar-refractivity contribution in [2.75, 3.05) is 0 Å². The molecule has 0 aliphatic rings. The van der Waals surface area contributed by atoms with Gasteiger partial charge in [0, 0.05) is 5.92 Å². The number of hydrogen-bond donors (Lipinski definition) is 4. The molecule has 4 N–H and O–H groups in total. The molecule has 0 amide bonds. The third-order valence-electron chi connectivity index (χ3n) is 2.64. The van der Waals surface area contributed by atoms with Gasteiger partial charge >= 0.3 is 11.9 Å². The third kappa shape index (κ3) is 10.1. The Kier molecular flexibility index (Phi) is 10.5. The lowest BCUT2D eigenvalue weighted by Gasteiger charge is -2.03. The van der Waals surface area contributed by atoms with E-state index >= 15 is 0 Å². The maximum absolute atomic E-state index is 10.2. The van der Waals surface area contributed by atoms with Gasteiger partial charge in [0.15, 0.2) is 6.29 Å². The Hall–Kier alpha value is -2.70. The van der Waals surface area contributed by atoms with Gasteiger partial charge in [-0.05, 0) is 24.3 Å². The van der Waals surface area contributed by atoms with Gasteiger partial charge in [-0.3, -0.25) is 0 Å². The number of hydrogen-bond acceptors (Lipinski definition) is 4. The Morgan fingerprint density at radius 3 is 1.08 bits per heavy atom. The van der Waals surface area contributed by atoms with E-state index in [9.17, 15) is 9.59 Å². The highest BCUT2D eigenvalue weighted by Gasteiger charge is 2.00. The molecule has 0 fully saturated rings. The lowest BCUT2D eigenvalue weighted by molar-refractivity contribution is -0.0731. The number of carboxylic acid groups (broad SMARTS) is 2. The summed E-state index contributed by atoms with van der Waals surface area (Å²) in [6.07, 6.45) is -1.15. The molecule has 0 aromatic heterocycles. The standard InChI is InChI=1S/2C7H6O2.C4H10O2/c2*8-7(9)6-4-2-1-3-5-6;1-3(2)4(5)6/h2*1-5H,(H,8,9);3-6H,1-2H3. The van der Waals surface area contributed by atoms with Crippen LogP contribution in [0.2, 0.25) is 0 Å². The van der Waals surface area contributed by atoms with Gasteiger partial charge in [0.1, 0.15) is 0 Å². The first-order valence-corrected chi connectivity index (χ1v) is 7.18. The molecule has 0 aliphatic carbocycles. The van der Waals surface area contributed by atoms with Crippen molar-refractivity contribution in [3.8, 4) is 0 Å². The van der Waals surface area contributed by atoms with Gasteiger partial charge in [-0.25, -0.2) is 9.59 Å². The summed E-state index contributed by atoms with van der Waals surface area (Å²) < 4.78 is 0. The monoisotopic (exact) mass is 334 g/mol. The SMILES string of the molecule is CC(C)C(O)O.O=C(O)c1ccccc1.O=C(O)c1ccccc1. The van der Waals surface area contributed by atoms with E-state index in [1.54, 1.807) is 74.5 Å². The first-order valence-electron chi connectivity index (χ1n) is 7.18. The molecule has 130 valence electrons. The summed E-state index contributed by atoms with van der Waals surface area (Å²) in [5.74, 6) is -1.80. The molecule has 0 bridgehead atoms. The van der Waals surface area contributed by atoms with Gasteiger partial charge in [0.05, 0.1) is 11.1 Å². The Morgan fingerprint density at radius 2 is 0.958 bits per heavy atom. The van der Waals surface area contributed by atoms with Crippen molar-refractivity contribution in [1.82, 2.24) is 0 Å². The number of aromatic carboxylic acids is 2. The van der Waals surface area contributed by atoms with E-state index in [1.165, 1.54) is 0 Å². The second kappa shape index (κ2) is 11.8. The highest BCUT2D eigenvalue weighted by atomic mass is 16.5. The van der Waals surface area contributed by atoms with Gasteiger partial charge in [-0.1, -0.05) is 50.2 Å². The normalized spacial score (nSPS) is 9.42. The number of aliphatic hydroxyl groups is 2. The lowest BCUT2D eigenvalue weighted by Crippen LogP contribution is -2.11. The number of benzene rings is 2. The van der Waals surface area contributed by atoms with Crippen LogP contribution in [0.1, 0.15) is 34.6 Å². The quantitative estimate of drug-likeness (QED) is 0.642. The van der Waals surface area contributed by atoms with Gasteiger partial charge < -0.3 is 20.4 Å². The molecular weight excluding hydrogens is 312 g/mol. The average molecular weight is 334 g/mol. The average Bonchev–Trinajstić information content (AvgIpc) is 2.57. The summed E-state index contributed by atoms with van der Waals surface area (Å²) in [6.45, 7) is 3.48. The van der Waals surface area contributed by atoms with E-state index in [2.05, 4.69) is 0 Å². The van der Waals surface area contributed by atoms with Crippen molar-refractivity contribution >= 4 is 11.9 Å². The fourth-order valence-electron chi connectivity index (χ4n) is 1.16. The second-order valence-electron chi connectivity index (χ2n) is 5.00. The van der Waals surface area contributed by atoms with Crippen LogP contribution in [0.5, 0.6) is 0 Å². The van der Waals surface area contributed by atoms with Crippen molar-refractivity contribution in [1.29, 1.82) is 0 Å². The number of rotatable bonds is 3. The molecule has 0 unspecified atom stereocenters. The summed E-state index contributed by atoms with van der Waals surface area (Å²) in [6, 6.07) is 16.6. The van der Waals surface area contributed by atoms with Crippen LogP contribution in [-0.2, 0) is 0 Å². The minimum absolute atomic E-state index is 0.0370. The van der Waals surface area contributed by atoms with Crippen LogP contribution in [0.3, 0.4) is 0 Å². The highest BCUT2D eigenvalue weighted by Crippen LogP contribution is 1.97. The first-order chi connectivity index (χ1) is 11.3. The molecule has 6 nitrogen and oxygen atoms in total. The summed E-state index contributed by atoms with van der Waals surface area (Å²) in [5.41, 5.74) is 0.662. The van der Waals surface area contributed by atoms with E-state index in [4.69, 9.17) is 20.4 Å². The molecule has 2 rings (SSSR count).